The van der Waals surface area contributed by atoms with Crippen LogP contribution in [0.25, 0.3) is 0 Å². The van der Waals surface area contributed by atoms with Crippen molar-refractivity contribution in [1.29, 1.82) is 0 Å². The maximum Gasteiger partial charge on any atom is 0.408 e. The molecule has 14 heavy (non-hydrogen) atoms. The lowest BCUT2D eigenvalue weighted by atomic mass is 10.2. The predicted molar refractivity (Wildman–Crippen MR) is 53.8 cm³/mol. The van der Waals surface area contributed by atoms with Crippen molar-refractivity contribution in [1.82, 2.24) is 4.90 Å². The Balaban J connectivity index is 2.72. The van der Waals surface area contributed by atoms with Gasteiger partial charge in [0.25, 0.3) is 0 Å². The molecule has 1 aromatic carbocycles. The van der Waals surface area contributed by atoms with Crippen LogP contribution in [0.15, 0.2) is 24.3 Å². The first-order valence-electron chi connectivity index (χ1n) is 3.91. The van der Waals surface area contributed by atoms with E-state index in [0.29, 0.717) is 5.56 Å². The maximum atomic E-state index is 12.7. The Bertz CT molecular complexity index is 332. The van der Waals surface area contributed by atoms with E-state index in [4.69, 9.17) is 5.11 Å². The number of rotatable bonds is 3. The number of halogens is 2. The van der Waals surface area contributed by atoms with Gasteiger partial charge in [0.1, 0.15) is 5.82 Å². The summed E-state index contributed by atoms with van der Waals surface area (Å²) in [6.45, 7) is 0.179. The van der Waals surface area contributed by atoms with E-state index in [9.17, 15) is 9.18 Å². The Morgan fingerprint density at radius 3 is 2.79 bits per heavy atom. The first-order chi connectivity index (χ1) is 6.63. The summed E-state index contributed by atoms with van der Waals surface area (Å²) in [5, 5.41) is 8.71. The normalized spacial score (nSPS) is 9.86. The topological polar surface area (TPSA) is 40.5 Å². The molecule has 1 aromatic rings. The van der Waals surface area contributed by atoms with Crippen LogP contribution in [0.1, 0.15) is 5.56 Å². The van der Waals surface area contributed by atoms with Gasteiger partial charge in [-0.25, -0.2) is 9.18 Å². The average molecular weight is 262 g/mol. The smallest absolute Gasteiger partial charge is 0.408 e. The SMILES string of the molecule is O=C(O)N(CBr)Cc1cccc(F)c1. The summed E-state index contributed by atoms with van der Waals surface area (Å²) in [5.41, 5.74) is 0.839. The highest BCUT2D eigenvalue weighted by Gasteiger charge is 2.10. The number of carboxylic acid groups (broad SMARTS) is 1. The summed E-state index contributed by atoms with van der Waals surface area (Å²) < 4.78 is 12.7. The molecule has 0 atom stereocenters. The molecule has 0 aliphatic heterocycles. The molecule has 0 saturated carbocycles. The minimum Gasteiger partial charge on any atom is -0.465 e. The van der Waals surface area contributed by atoms with Gasteiger partial charge in [0.15, 0.2) is 0 Å². The highest BCUT2D eigenvalue weighted by Crippen LogP contribution is 2.08. The monoisotopic (exact) mass is 261 g/mol. The zero-order valence-electron chi connectivity index (χ0n) is 7.28. The molecule has 1 rings (SSSR count). The van der Waals surface area contributed by atoms with Crippen molar-refractivity contribution in [2.75, 3.05) is 5.45 Å². The van der Waals surface area contributed by atoms with Crippen LogP contribution >= 0.6 is 15.9 Å². The Labute approximate surface area is 89.3 Å². The molecular formula is C9H9BrFNO2. The molecule has 0 aromatic heterocycles. The first-order valence-corrected chi connectivity index (χ1v) is 5.04. The number of hydrogen-bond donors (Lipinski definition) is 1. The Morgan fingerprint density at radius 1 is 1.57 bits per heavy atom. The van der Waals surface area contributed by atoms with Gasteiger partial charge in [-0.05, 0) is 17.7 Å². The molecule has 0 saturated heterocycles. The predicted octanol–water partition coefficient (Wildman–Crippen LogP) is 2.66. The van der Waals surface area contributed by atoms with E-state index < -0.39 is 6.09 Å². The Kier molecular flexibility index (Phi) is 3.88. The Hall–Kier alpha value is -1.10. The maximum absolute atomic E-state index is 12.7. The van der Waals surface area contributed by atoms with E-state index in [0.717, 1.165) is 4.90 Å². The molecule has 3 nitrogen and oxygen atoms in total. The lowest BCUT2D eigenvalue weighted by Gasteiger charge is -2.15. The van der Waals surface area contributed by atoms with Crippen LogP contribution in [0.5, 0.6) is 0 Å². The van der Waals surface area contributed by atoms with Gasteiger partial charge < -0.3 is 5.11 Å². The summed E-state index contributed by atoms with van der Waals surface area (Å²) in [6, 6.07) is 5.88. The molecule has 0 spiro atoms. The van der Waals surface area contributed by atoms with E-state index in [2.05, 4.69) is 15.9 Å². The van der Waals surface area contributed by atoms with E-state index in [1.54, 1.807) is 12.1 Å². The Morgan fingerprint density at radius 2 is 2.29 bits per heavy atom. The van der Waals surface area contributed by atoms with Gasteiger partial charge in [-0.3, -0.25) is 4.90 Å². The second-order valence-electron chi connectivity index (χ2n) is 2.73. The molecule has 0 aliphatic carbocycles. The lowest BCUT2D eigenvalue weighted by molar-refractivity contribution is 0.152. The molecular weight excluding hydrogens is 253 g/mol. The van der Waals surface area contributed by atoms with E-state index in [1.165, 1.54) is 12.1 Å². The molecule has 0 fully saturated rings. The molecule has 5 heteroatoms. The van der Waals surface area contributed by atoms with E-state index >= 15 is 0 Å². The summed E-state index contributed by atoms with van der Waals surface area (Å²) in [7, 11) is 0. The summed E-state index contributed by atoms with van der Waals surface area (Å²) in [5.74, 6) is -0.359. The van der Waals surface area contributed by atoms with Crippen LogP contribution in [0, 0.1) is 5.82 Å². The van der Waals surface area contributed by atoms with Gasteiger partial charge in [-0.2, -0.15) is 0 Å². The van der Waals surface area contributed by atoms with Gasteiger partial charge >= 0.3 is 6.09 Å². The van der Waals surface area contributed by atoms with Crippen LogP contribution in [0.4, 0.5) is 9.18 Å². The number of alkyl halides is 1. The molecule has 1 amide bonds. The number of nitrogens with zero attached hydrogens (tertiary/aromatic N) is 1. The van der Waals surface area contributed by atoms with Crippen molar-refractivity contribution in [3.8, 4) is 0 Å². The zero-order valence-corrected chi connectivity index (χ0v) is 8.87. The largest absolute Gasteiger partial charge is 0.465 e. The third kappa shape index (κ3) is 2.99. The third-order valence-electron chi connectivity index (χ3n) is 1.68. The van der Waals surface area contributed by atoms with Gasteiger partial charge in [0.05, 0.1) is 5.45 Å². The third-order valence-corrected chi connectivity index (χ3v) is 2.28. The second-order valence-corrected chi connectivity index (χ2v) is 3.23. The minimum atomic E-state index is -1.04. The average Bonchev–Trinajstić information content (AvgIpc) is 2.14. The van der Waals surface area contributed by atoms with Crippen LogP contribution in [0.2, 0.25) is 0 Å². The zero-order chi connectivity index (χ0) is 10.6. The molecule has 76 valence electrons. The van der Waals surface area contributed by atoms with Crippen molar-refractivity contribution >= 4 is 22.0 Å². The highest BCUT2D eigenvalue weighted by atomic mass is 79.9. The van der Waals surface area contributed by atoms with Crippen molar-refractivity contribution in [2.24, 2.45) is 0 Å². The van der Waals surface area contributed by atoms with Crippen molar-refractivity contribution in [3.05, 3.63) is 35.6 Å². The van der Waals surface area contributed by atoms with Gasteiger partial charge in [0.2, 0.25) is 0 Å². The van der Waals surface area contributed by atoms with Crippen molar-refractivity contribution in [3.63, 3.8) is 0 Å². The molecule has 0 bridgehead atoms. The van der Waals surface area contributed by atoms with Gasteiger partial charge in [-0.15, -0.1) is 0 Å². The van der Waals surface area contributed by atoms with Crippen LogP contribution < -0.4 is 0 Å². The van der Waals surface area contributed by atoms with Crippen molar-refractivity contribution < 1.29 is 14.3 Å². The van der Waals surface area contributed by atoms with E-state index in [1.807, 2.05) is 0 Å². The van der Waals surface area contributed by atoms with Crippen LogP contribution in [0.3, 0.4) is 0 Å². The number of benzene rings is 1. The minimum absolute atomic E-state index is 0.179. The van der Waals surface area contributed by atoms with Gasteiger partial charge in [-0.1, -0.05) is 28.1 Å². The van der Waals surface area contributed by atoms with Gasteiger partial charge in [0, 0.05) is 6.54 Å². The summed E-state index contributed by atoms with van der Waals surface area (Å²) in [6.07, 6.45) is -1.04. The number of carbonyl (C=O) groups is 1. The molecule has 0 heterocycles. The van der Waals surface area contributed by atoms with Crippen LogP contribution in [-0.4, -0.2) is 21.6 Å². The van der Waals surface area contributed by atoms with Crippen molar-refractivity contribution in [2.45, 2.75) is 6.54 Å². The molecule has 0 radical (unpaired) electrons. The molecule has 0 aliphatic rings. The summed E-state index contributed by atoms with van der Waals surface area (Å²) >= 11 is 3.04. The molecule has 1 N–H and O–H groups in total. The fourth-order valence-electron chi connectivity index (χ4n) is 1.02. The van der Waals surface area contributed by atoms with E-state index in [-0.39, 0.29) is 17.8 Å². The molecule has 0 unspecified atom stereocenters. The fourth-order valence-corrected chi connectivity index (χ4v) is 1.41. The summed E-state index contributed by atoms with van der Waals surface area (Å²) in [4.78, 5) is 11.8. The number of hydrogen-bond acceptors (Lipinski definition) is 1. The first kappa shape index (κ1) is 11.0. The standard InChI is InChI=1S/C9H9BrFNO2/c10-6-12(9(13)14)5-7-2-1-3-8(11)4-7/h1-4H,5-6H2,(H,13,14). The van der Waals surface area contributed by atoms with Crippen LogP contribution in [-0.2, 0) is 6.54 Å². The quantitative estimate of drug-likeness (QED) is 0.672. The fraction of sp³-hybridized carbons (Fsp3) is 0.222. The second kappa shape index (κ2) is 4.95. The lowest BCUT2D eigenvalue weighted by Crippen LogP contribution is -2.27. The highest BCUT2D eigenvalue weighted by molar-refractivity contribution is 9.09. The number of amides is 1.